The Hall–Kier alpha value is -1.71. The first-order valence-electron chi connectivity index (χ1n) is 4.32. The summed E-state index contributed by atoms with van der Waals surface area (Å²) in [5, 5.41) is 4.18. The van der Waals surface area contributed by atoms with Crippen LogP contribution in [0.2, 0.25) is 0 Å². The molecule has 14 heavy (non-hydrogen) atoms. The normalized spacial score (nSPS) is 10.5. The van der Waals surface area contributed by atoms with Crippen molar-refractivity contribution in [1.82, 2.24) is 9.78 Å². The van der Waals surface area contributed by atoms with Crippen molar-refractivity contribution in [3.8, 4) is 11.4 Å². The van der Waals surface area contributed by atoms with Gasteiger partial charge in [-0.2, -0.15) is 0 Å². The molecule has 0 saturated heterocycles. The van der Waals surface area contributed by atoms with Gasteiger partial charge in [0, 0.05) is 5.10 Å². The molecule has 0 N–H and O–H groups in total. The zero-order valence-corrected chi connectivity index (χ0v) is 8.11. The van der Waals surface area contributed by atoms with Crippen LogP contribution in [-0.2, 0) is 14.1 Å². The van der Waals surface area contributed by atoms with Gasteiger partial charge in [-0.15, -0.1) is 4.68 Å². The van der Waals surface area contributed by atoms with Crippen molar-refractivity contribution in [2.24, 2.45) is 14.1 Å². The van der Waals surface area contributed by atoms with Gasteiger partial charge in [0.1, 0.15) is 5.82 Å². The molecule has 1 aromatic heterocycles. The van der Waals surface area contributed by atoms with Crippen LogP contribution in [-0.4, -0.2) is 9.78 Å². The van der Waals surface area contributed by atoms with Crippen LogP contribution in [0.15, 0.2) is 30.6 Å². The van der Waals surface area contributed by atoms with Gasteiger partial charge in [-0.25, -0.2) is 8.96 Å². The second-order valence-electron chi connectivity index (χ2n) is 3.20. The molecule has 2 rings (SSSR count). The maximum atomic E-state index is 13.4. The van der Waals surface area contributed by atoms with Gasteiger partial charge in [-0.05, 0) is 12.1 Å². The van der Waals surface area contributed by atoms with E-state index in [1.54, 1.807) is 33.8 Å². The van der Waals surface area contributed by atoms with Crippen LogP contribution in [0.3, 0.4) is 0 Å². The minimum absolute atomic E-state index is 0.248. The molecule has 0 spiro atoms. The van der Waals surface area contributed by atoms with Gasteiger partial charge in [-0.1, -0.05) is 12.1 Å². The van der Waals surface area contributed by atoms with Gasteiger partial charge >= 0.3 is 5.82 Å². The number of halogens is 1. The molecule has 0 aliphatic rings. The monoisotopic (exact) mass is 192 g/mol. The fourth-order valence-electron chi connectivity index (χ4n) is 1.44. The van der Waals surface area contributed by atoms with Crippen molar-refractivity contribution >= 4 is 0 Å². The Kier molecular flexibility index (Phi) is 2.04. The van der Waals surface area contributed by atoms with Crippen molar-refractivity contribution in [1.29, 1.82) is 0 Å². The third-order valence-electron chi connectivity index (χ3n) is 2.04. The summed E-state index contributed by atoms with van der Waals surface area (Å²) < 4.78 is 16.8. The first-order chi connectivity index (χ1) is 6.68. The van der Waals surface area contributed by atoms with E-state index in [1.165, 1.54) is 6.07 Å². The zero-order chi connectivity index (χ0) is 10.1. The van der Waals surface area contributed by atoms with E-state index in [0.717, 1.165) is 0 Å². The van der Waals surface area contributed by atoms with Crippen molar-refractivity contribution in [3.05, 3.63) is 36.4 Å². The highest BCUT2D eigenvalue weighted by molar-refractivity contribution is 5.52. The molecule has 3 nitrogen and oxygen atoms in total. The molecule has 0 radical (unpaired) electrons. The lowest BCUT2D eigenvalue weighted by Crippen LogP contribution is -2.28. The second kappa shape index (κ2) is 3.21. The van der Waals surface area contributed by atoms with Crippen molar-refractivity contribution in [3.63, 3.8) is 0 Å². The Morgan fingerprint density at radius 1 is 1.36 bits per heavy atom. The lowest BCUT2D eigenvalue weighted by Gasteiger charge is -1.94. The largest absolute Gasteiger partial charge is 0.311 e. The summed E-state index contributed by atoms with van der Waals surface area (Å²) in [6.45, 7) is 0. The molecule has 0 fully saturated rings. The van der Waals surface area contributed by atoms with E-state index in [2.05, 4.69) is 5.10 Å². The molecular formula is C10H11FN3+. The lowest BCUT2D eigenvalue weighted by atomic mass is 10.2. The molecule has 0 unspecified atom stereocenters. The summed E-state index contributed by atoms with van der Waals surface area (Å²) >= 11 is 0. The molecule has 4 heteroatoms. The van der Waals surface area contributed by atoms with Gasteiger partial charge in [-0.3, -0.25) is 0 Å². The zero-order valence-electron chi connectivity index (χ0n) is 8.11. The maximum Gasteiger partial charge on any atom is 0.311 e. The molecule has 2 aromatic rings. The van der Waals surface area contributed by atoms with E-state index in [1.807, 2.05) is 14.1 Å². The molecule has 1 heterocycles. The summed E-state index contributed by atoms with van der Waals surface area (Å²) in [6, 6.07) is 6.62. The van der Waals surface area contributed by atoms with Crippen molar-refractivity contribution in [2.75, 3.05) is 0 Å². The fourth-order valence-corrected chi connectivity index (χ4v) is 1.44. The number of benzene rings is 1. The summed E-state index contributed by atoms with van der Waals surface area (Å²) in [7, 11) is 3.65. The Labute approximate surface area is 81.4 Å². The van der Waals surface area contributed by atoms with E-state index >= 15 is 0 Å². The van der Waals surface area contributed by atoms with E-state index in [0.29, 0.717) is 11.4 Å². The summed E-state index contributed by atoms with van der Waals surface area (Å²) in [5.74, 6) is 0.382. The lowest BCUT2D eigenvalue weighted by molar-refractivity contribution is -0.661. The quantitative estimate of drug-likeness (QED) is 0.619. The van der Waals surface area contributed by atoms with Crippen LogP contribution >= 0.6 is 0 Å². The minimum atomic E-state index is -0.248. The Bertz CT molecular complexity index is 462. The molecular weight excluding hydrogens is 181 g/mol. The highest BCUT2D eigenvalue weighted by Crippen LogP contribution is 2.16. The van der Waals surface area contributed by atoms with Crippen LogP contribution in [0.1, 0.15) is 0 Å². The number of aromatic nitrogens is 3. The number of nitrogens with zero attached hydrogens (tertiary/aromatic N) is 3. The van der Waals surface area contributed by atoms with E-state index in [9.17, 15) is 4.39 Å². The van der Waals surface area contributed by atoms with Gasteiger partial charge in [0.2, 0.25) is 6.33 Å². The van der Waals surface area contributed by atoms with Gasteiger partial charge in [0.05, 0.1) is 19.7 Å². The fraction of sp³-hybridized carbons (Fsp3) is 0.200. The molecule has 0 aliphatic carbocycles. The Morgan fingerprint density at radius 3 is 2.64 bits per heavy atom. The van der Waals surface area contributed by atoms with Gasteiger partial charge in [0.15, 0.2) is 0 Å². The maximum absolute atomic E-state index is 13.4. The topological polar surface area (TPSA) is 21.7 Å². The average Bonchev–Trinajstić information content (AvgIpc) is 2.46. The summed E-state index contributed by atoms with van der Waals surface area (Å²) in [5.41, 5.74) is 0.524. The number of hydrogen-bond acceptors (Lipinski definition) is 1. The molecule has 0 aliphatic heterocycles. The third kappa shape index (κ3) is 1.39. The smallest absolute Gasteiger partial charge is 0.233 e. The SMILES string of the molecule is Cn1c[n+](C)c(-c2ccccc2F)n1. The standard InChI is InChI=1S/C10H11FN3/c1-13-7-14(2)12-10(13)8-5-3-4-6-9(8)11/h3-7H,1-2H3/q+1. The predicted molar refractivity (Wildman–Crippen MR) is 49.8 cm³/mol. The van der Waals surface area contributed by atoms with Crippen LogP contribution in [0, 0.1) is 5.82 Å². The van der Waals surface area contributed by atoms with Gasteiger partial charge in [0.25, 0.3) is 0 Å². The minimum Gasteiger partial charge on any atom is -0.233 e. The van der Waals surface area contributed by atoms with Gasteiger partial charge < -0.3 is 0 Å². The average molecular weight is 192 g/mol. The van der Waals surface area contributed by atoms with Crippen LogP contribution in [0.5, 0.6) is 0 Å². The summed E-state index contributed by atoms with van der Waals surface area (Å²) in [6.07, 6.45) is 1.79. The van der Waals surface area contributed by atoms with Crippen LogP contribution in [0.4, 0.5) is 4.39 Å². The molecule has 1 aromatic carbocycles. The number of rotatable bonds is 1. The molecule has 0 amide bonds. The molecule has 0 saturated carbocycles. The molecule has 0 atom stereocenters. The first-order valence-corrected chi connectivity index (χ1v) is 4.32. The van der Waals surface area contributed by atoms with Crippen molar-refractivity contribution < 1.29 is 8.96 Å². The van der Waals surface area contributed by atoms with Crippen LogP contribution in [0.25, 0.3) is 11.4 Å². The predicted octanol–water partition coefficient (Wildman–Crippen LogP) is 1.05. The Morgan fingerprint density at radius 2 is 2.07 bits per heavy atom. The second-order valence-corrected chi connectivity index (χ2v) is 3.20. The van der Waals surface area contributed by atoms with E-state index in [4.69, 9.17) is 0 Å². The highest BCUT2D eigenvalue weighted by Gasteiger charge is 2.17. The highest BCUT2D eigenvalue weighted by atomic mass is 19.1. The van der Waals surface area contributed by atoms with Crippen LogP contribution < -0.4 is 4.57 Å². The first kappa shape index (κ1) is 8.87. The third-order valence-corrected chi connectivity index (χ3v) is 2.04. The van der Waals surface area contributed by atoms with Crippen molar-refractivity contribution in [2.45, 2.75) is 0 Å². The molecule has 72 valence electrons. The number of aryl methyl sites for hydroxylation is 2. The number of hydrogen-bond donors (Lipinski definition) is 0. The molecule has 0 bridgehead atoms. The Balaban J connectivity index is 2.60. The van der Waals surface area contributed by atoms with E-state index in [-0.39, 0.29) is 5.82 Å². The van der Waals surface area contributed by atoms with E-state index < -0.39 is 0 Å². The summed E-state index contributed by atoms with van der Waals surface area (Å²) in [4.78, 5) is 0.